The maximum Gasteiger partial charge on any atom is 0.303 e. The van der Waals surface area contributed by atoms with Gasteiger partial charge in [0, 0.05) is 30.1 Å². The largest absolute Gasteiger partial charge is 0.497 e. The second-order valence-electron chi connectivity index (χ2n) is 4.31. The molecular weight excluding hydrogens is 246 g/mol. The molecule has 0 aliphatic carbocycles. The molecule has 0 unspecified atom stereocenters. The first-order valence-electron chi connectivity index (χ1n) is 6.09. The number of fused-ring (bicyclic) bond motifs is 1. The highest BCUT2D eigenvalue weighted by atomic mass is 16.5. The van der Waals surface area contributed by atoms with Gasteiger partial charge in [0.15, 0.2) is 0 Å². The van der Waals surface area contributed by atoms with E-state index in [1.165, 1.54) is 0 Å². The molecule has 0 aliphatic heterocycles. The molecule has 1 heterocycles. The molecular formula is C14H17NO4. The van der Waals surface area contributed by atoms with Gasteiger partial charge in [-0.15, -0.1) is 0 Å². The zero-order chi connectivity index (χ0) is 13.8. The SMILES string of the molecule is COc1cc(OC)c2c(CCCC(=O)O)c[nH]c2c1. The highest BCUT2D eigenvalue weighted by Gasteiger charge is 2.12. The number of methoxy groups -OCH3 is 2. The quantitative estimate of drug-likeness (QED) is 0.840. The fourth-order valence-corrected chi connectivity index (χ4v) is 2.18. The van der Waals surface area contributed by atoms with E-state index in [1.54, 1.807) is 14.2 Å². The highest BCUT2D eigenvalue weighted by Crippen LogP contribution is 2.33. The van der Waals surface area contributed by atoms with Crippen LogP contribution in [0.25, 0.3) is 10.9 Å². The van der Waals surface area contributed by atoms with Crippen molar-refractivity contribution in [2.24, 2.45) is 0 Å². The Morgan fingerprint density at radius 2 is 2.11 bits per heavy atom. The van der Waals surface area contributed by atoms with E-state index < -0.39 is 5.97 Å². The average molecular weight is 263 g/mol. The van der Waals surface area contributed by atoms with E-state index in [-0.39, 0.29) is 6.42 Å². The third kappa shape index (κ3) is 2.81. The number of hydrogen-bond acceptors (Lipinski definition) is 3. The summed E-state index contributed by atoms with van der Waals surface area (Å²) < 4.78 is 10.6. The smallest absolute Gasteiger partial charge is 0.303 e. The Kier molecular flexibility index (Phi) is 3.94. The predicted octanol–water partition coefficient (Wildman–Crippen LogP) is 2.59. The Labute approximate surface area is 111 Å². The van der Waals surface area contributed by atoms with Gasteiger partial charge in [0.2, 0.25) is 0 Å². The maximum atomic E-state index is 10.5. The van der Waals surface area contributed by atoms with Crippen LogP contribution in [-0.2, 0) is 11.2 Å². The van der Waals surface area contributed by atoms with Crippen molar-refractivity contribution < 1.29 is 19.4 Å². The highest BCUT2D eigenvalue weighted by molar-refractivity contribution is 5.90. The minimum absolute atomic E-state index is 0.172. The predicted molar refractivity (Wildman–Crippen MR) is 72.0 cm³/mol. The van der Waals surface area contributed by atoms with E-state index >= 15 is 0 Å². The van der Waals surface area contributed by atoms with Gasteiger partial charge in [-0.1, -0.05) is 0 Å². The summed E-state index contributed by atoms with van der Waals surface area (Å²) in [5.41, 5.74) is 2.00. The summed E-state index contributed by atoms with van der Waals surface area (Å²) >= 11 is 0. The molecule has 0 radical (unpaired) electrons. The van der Waals surface area contributed by atoms with Crippen molar-refractivity contribution in [1.29, 1.82) is 0 Å². The minimum atomic E-state index is -0.770. The van der Waals surface area contributed by atoms with Crippen molar-refractivity contribution in [3.05, 3.63) is 23.9 Å². The molecule has 0 amide bonds. The van der Waals surface area contributed by atoms with E-state index in [4.69, 9.17) is 14.6 Å². The van der Waals surface area contributed by atoms with Crippen LogP contribution in [0.3, 0.4) is 0 Å². The summed E-state index contributed by atoms with van der Waals surface area (Å²) in [6, 6.07) is 3.73. The molecule has 102 valence electrons. The summed E-state index contributed by atoms with van der Waals surface area (Å²) in [7, 11) is 3.22. The van der Waals surface area contributed by atoms with Crippen molar-refractivity contribution >= 4 is 16.9 Å². The molecule has 2 N–H and O–H groups in total. The van der Waals surface area contributed by atoms with Crippen LogP contribution in [0, 0.1) is 0 Å². The van der Waals surface area contributed by atoms with E-state index in [9.17, 15) is 4.79 Å². The number of rotatable bonds is 6. The lowest BCUT2D eigenvalue weighted by Gasteiger charge is -2.07. The van der Waals surface area contributed by atoms with E-state index in [2.05, 4.69) is 4.98 Å². The zero-order valence-corrected chi connectivity index (χ0v) is 11.0. The zero-order valence-electron chi connectivity index (χ0n) is 11.0. The molecule has 1 aromatic heterocycles. The lowest BCUT2D eigenvalue weighted by Crippen LogP contribution is -1.96. The molecule has 2 rings (SSSR count). The molecule has 0 atom stereocenters. The average Bonchev–Trinajstić information content (AvgIpc) is 2.80. The number of benzene rings is 1. The van der Waals surface area contributed by atoms with Gasteiger partial charge >= 0.3 is 5.97 Å². The number of aryl methyl sites for hydroxylation is 1. The number of carboxylic acids is 1. The van der Waals surface area contributed by atoms with Crippen LogP contribution in [0.2, 0.25) is 0 Å². The number of carboxylic acid groups (broad SMARTS) is 1. The first-order valence-corrected chi connectivity index (χ1v) is 6.09. The lowest BCUT2D eigenvalue weighted by atomic mass is 10.1. The fourth-order valence-electron chi connectivity index (χ4n) is 2.18. The number of nitrogens with one attached hydrogen (secondary N) is 1. The Bertz CT molecular complexity index is 588. The van der Waals surface area contributed by atoms with Crippen molar-refractivity contribution in [3.63, 3.8) is 0 Å². The number of carbonyl (C=O) groups is 1. The Hall–Kier alpha value is -2.17. The van der Waals surface area contributed by atoms with Crippen LogP contribution in [0.1, 0.15) is 18.4 Å². The van der Waals surface area contributed by atoms with Gasteiger partial charge in [0.1, 0.15) is 11.5 Å². The molecule has 5 nitrogen and oxygen atoms in total. The summed E-state index contributed by atoms with van der Waals surface area (Å²) in [6.45, 7) is 0. The molecule has 0 bridgehead atoms. The number of ether oxygens (including phenoxy) is 2. The summed E-state index contributed by atoms with van der Waals surface area (Å²) in [5.74, 6) is 0.692. The van der Waals surface area contributed by atoms with Crippen molar-refractivity contribution in [3.8, 4) is 11.5 Å². The fraction of sp³-hybridized carbons (Fsp3) is 0.357. The summed E-state index contributed by atoms with van der Waals surface area (Å²) in [4.78, 5) is 13.7. The number of H-pyrrole nitrogens is 1. The summed E-state index contributed by atoms with van der Waals surface area (Å²) in [6.07, 6.45) is 3.38. The van der Waals surface area contributed by atoms with Crippen LogP contribution in [0.4, 0.5) is 0 Å². The second-order valence-corrected chi connectivity index (χ2v) is 4.31. The number of aliphatic carboxylic acids is 1. The van der Waals surface area contributed by atoms with Crippen LogP contribution in [0.5, 0.6) is 11.5 Å². The Morgan fingerprint density at radius 1 is 1.32 bits per heavy atom. The van der Waals surface area contributed by atoms with Gasteiger partial charge in [0.05, 0.1) is 19.7 Å². The van der Waals surface area contributed by atoms with E-state index in [0.717, 1.165) is 28.0 Å². The monoisotopic (exact) mass is 263 g/mol. The molecule has 5 heteroatoms. The first-order chi connectivity index (χ1) is 9.15. The number of aromatic nitrogens is 1. The number of aromatic amines is 1. The topological polar surface area (TPSA) is 71.6 Å². The van der Waals surface area contributed by atoms with E-state index in [0.29, 0.717) is 12.8 Å². The van der Waals surface area contributed by atoms with Gasteiger partial charge in [-0.2, -0.15) is 0 Å². The van der Waals surface area contributed by atoms with Crippen LogP contribution in [-0.4, -0.2) is 30.3 Å². The third-order valence-electron chi connectivity index (χ3n) is 3.09. The normalized spacial score (nSPS) is 10.6. The van der Waals surface area contributed by atoms with Gasteiger partial charge in [-0.05, 0) is 18.4 Å². The molecule has 0 spiro atoms. The van der Waals surface area contributed by atoms with Gasteiger partial charge in [-0.3, -0.25) is 4.79 Å². The minimum Gasteiger partial charge on any atom is -0.497 e. The molecule has 19 heavy (non-hydrogen) atoms. The molecule has 0 saturated heterocycles. The molecule has 0 fully saturated rings. The molecule has 0 aliphatic rings. The second kappa shape index (κ2) is 5.65. The third-order valence-corrected chi connectivity index (χ3v) is 3.09. The molecule has 0 saturated carbocycles. The van der Waals surface area contributed by atoms with Gasteiger partial charge in [0.25, 0.3) is 0 Å². The van der Waals surface area contributed by atoms with Gasteiger partial charge in [-0.25, -0.2) is 0 Å². The standard InChI is InChI=1S/C14H17NO4/c1-18-10-6-11-14(12(7-10)19-2)9(8-15-11)4-3-5-13(16)17/h6-8,15H,3-5H2,1-2H3,(H,16,17). The van der Waals surface area contributed by atoms with Crippen LogP contribution >= 0.6 is 0 Å². The Balaban J connectivity index is 2.32. The van der Waals surface area contributed by atoms with Crippen molar-refractivity contribution in [2.75, 3.05) is 14.2 Å². The lowest BCUT2D eigenvalue weighted by molar-refractivity contribution is -0.137. The summed E-state index contributed by atoms with van der Waals surface area (Å²) in [5, 5.41) is 9.67. The number of hydrogen-bond donors (Lipinski definition) is 2. The Morgan fingerprint density at radius 3 is 2.74 bits per heavy atom. The van der Waals surface area contributed by atoms with Crippen molar-refractivity contribution in [1.82, 2.24) is 4.98 Å². The van der Waals surface area contributed by atoms with Crippen molar-refractivity contribution in [2.45, 2.75) is 19.3 Å². The molecule has 2 aromatic rings. The van der Waals surface area contributed by atoms with Gasteiger partial charge < -0.3 is 19.6 Å². The first kappa shape index (κ1) is 13.3. The van der Waals surface area contributed by atoms with Crippen LogP contribution < -0.4 is 9.47 Å². The maximum absolute atomic E-state index is 10.5. The molecule has 1 aromatic carbocycles. The van der Waals surface area contributed by atoms with Crippen LogP contribution in [0.15, 0.2) is 18.3 Å². The van der Waals surface area contributed by atoms with E-state index in [1.807, 2.05) is 18.3 Å².